The quantitative estimate of drug-likeness (QED) is 0.713. The predicted molar refractivity (Wildman–Crippen MR) is 76.0 cm³/mol. The zero-order valence-corrected chi connectivity index (χ0v) is 10.9. The van der Waals surface area contributed by atoms with Crippen molar-refractivity contribution in [1.29, 1.82) is 0 Å². The van der Waals surface area contributed by atoms with Gasteiger partial charge in [-0.25, -0.2) is 9.97 Å². The molecule has 2 rings (SSSR count). The monoisotopic (exact) mass is 258 g/mol. The number of rotatable bonds is 5. The molecular weight excluding hydrogens is 240 g/mol. The molecule has 100 valence electrons. The molecule has 1 aromatic carbocycles. The van der Waals surface area contributed by atoms with E-state index in [4.69, 9.17) is 5.73 Å². The Morgan fingerprint density at radius 1 is 1.32 bits per heavy atom. The summed E-state index contributed by atoms with van der Waals surface area (Å²) in [6.45, 7) is 3.21. The number of aryl methyl sites for hydroxylation is 1. The fourth-order valence-electron chi connectivity index (χ4n) is 1.80. The maximum Gasteiger partial charge on any atom is 0.126 e. The Labute approximate surface area is 112 Å². The van der Waals surface area contributed by atoms with Gasteiger partial charge in [-0.05, 0) is 32.0 Å². The molecule has 5 nitrogen and oxygen atoms in total. The van der Waals surface area contributed by atoms with Crippen molar-refractivity contribution in [2.45, 2.75) is 13.3 Å². The Bertz CT molecular complexity index is 557. The lowest BCUT2D eigenvalue weighted by atomic mass is 10.1. The highest BCUT2D eigenvalue weighted by Crippen LogP contribution is 2.32. The molecule has 0 aliphatic heterocycles. The molecule has 4 N–H and O–H groups in total. The zero-order valence-electron chi connectivity index (χ0n) is 10.9. The number of aromatic nitrogens is 2. The first-order valence-corrected chi connectivity index (χ1v) is 6.28. The van der Waals surface area contributed by atoms with Gasteiger partial charge >= 0.3 is 0 Å². The molecule has 5 heteroatoms. The molecule has 19 heavy (non-hydrogen) atoms. The van der Waals surface area contributed by atoms with Crippen molar-refractivity contribution in [3.63, 3.8) is 0 Å². The summed E-state index contributed by atoms with van der Waals surface area (Å²) in [6.07, 6.45) is 2.61. The zero-order chi connectivity index (χ0) is 13.7. The number of hydrogen-bond donors (Lipinski definition) is 3. The molecule has 0 amide bonds. The highest BCUT2D eigenvalue weighted by atomic mass is 16.3. The van der Waals surface area contributed by atoms with E-state index in [2.05, 4.69) is 15.3 Å². The molecule has 0 fully saturated rings. The number of aromatic hydroxyl groups is 1. The summed E-state index contributed by atoms with van der Waals surface area (Å²) < 4.78 is 0. The van der Waals surface area contributed by atoms with E-state index in [9.17, 15) is 5.11 Å². The van der Waals surface area contributed by atoms with Crippen LogP contribution in [0.4, 0.5) is 5.69 Å². The van der Waals surface area contributed by atoms with Crippen LogP contribution in [0.25, 0.3) is 11.3 Å². The lowest BCUT2D eigenvalue weighted by Gasteiger charge is -2.12. The Morgan fingerprint density at radius 2 is 2.11 bits per heavy atom. The number of phenols is 1. The summed E-state index contributed by atoms with van der Waals surface area (Å²) in [7, 11) is 0. The smallest absolute Gasteiger partial charge is 0.126 e. The van der Waals surface area contributed by atoms with E-state index in [0.717, 1.165) is 18.7 Å². The third-order valence-electron chi connectivity index (χ3n) is 2.76. The van der Waals surface area contributed by atoms with Crippen LogP contribution < -0.4 is 11.1 Å². The van der Waals surface area contributed by atoms with Gasteiger partial charge in [0, 0.05) is 12.1 Å². The van der Waals surface area contributed by atoms with Crippen LogP contribution >= 0.6 is 0 Å². The fourth-order valence-corrected chi connectivity index (χ4v) is 1.80. The fraction of sp³-hybridized carbons (Fsp3) is 0.286. The van der Waals surface area contributed by atoms with Crippen molar-refractivity contribution in [3.8, 4) is 17.0 Å². The second kappa shape index (κ2) is 6.15. The molecule has 1 heterocycles. The van der Waals surface area contributed by atoms with Gasteiger partial charge in [-0.3, -0.25) is 0 Å². The number of benzene rings is 1. The minimum atomic E-state index is 0.211. The van der Waals surface area contributed by atoms with Crippen LogP contribution in [0.2, 0.25) is 0 Å². The third-order valence-corrected chi connectivity index (χ3v) is 2.76. The van der Waals surface area contributed by atoms with Crippen LogP contribution in [0.5, 0.6) is 5.75 Å². The van der Waals surface area contributed by atoms with Crippen molar-refractivity contribution in [2.24, 2.45) is 5.73 Å². The van der Waals surface area contributed by atoms with Crippen LogP contribution in [0.1, 0.15) is 12.2 Å². The van der Waals surface area contributed by atoms with Crippen LogP contribution in [0.15, 0.2) is 30.5 Å². The SMILES string of the molecule is Cc1ncc(NCCCN)c(-c2ccccc2O)n1. The summed E-state index contributed by atoms with van der Waals surface area (Å²) >= 11 is 0. The standard InChI is InChI=1S/C14H18N4O/c1-10-17-9-12(16-8-4-7-15)14(18-10)11-5-2-3-6-13(11)19/h2-3,5-6,9,16,19H,4,7-8,15H2,1H3. The topological polar surface area (TPSA) is 84.1 Å². The molecule has 0 radical (unpaired) electrons. The third kappa shape index (κ3) is 3.20. The van der Waals surface area contributed by atoms with Gasteiger partial charge in [0.25, 0.3) is 0 Å². The Morgan fingerprint density at radius 3 is 2.84 bits per heavy atom. The average Bonchev–Trinajstić information content (AvgIpc) is 2.41. The summed E-state index contributed by atoms with van der Waals surface area (Å²) in [5.74, 6) is 0.880. The molecule has 0 saturated carbocycles. The van der Waals surface area contributed by atoms with Crippen LogP contribution in [0.3, 0.4) is 0 Å². The predicted octanol–water partition coefficient (Wildman–Crippen LogP) is 1.92. The van der Waals surface area contributed by atoms with Crippen LogP contribution in [-0.2, 0) is 0 Å². The summed E-state index contributed by atoms with van der Waals surface area (Å²) in [5.41, 5.74) is 7.69. The van der Waals surface area contributed by atoms with Gasteiger partial charge < -0.3 is 16.2 Å². The van der Waals surface area contributed by atoms with E-state index in [1.807, 2.05) is 19.1 Å². The molecule has 0 unspecified atom stereocenters. The first kappa shape index (κ1) is 13.3. The lowest BCUT2D eigenvalue weighted by Crippen LogP contribution is -2.10. The van der Waals surface area contributed by atoms with E-state index >= 15 is 0 Å². The second-order valence-electron chi connectivity index (χ2n) is 4.27. The van der Waals surface area contributed by atoms with Gasteiger partial charge in [-0.1, -0.05) is 12.1 Å². The molecule has 0 aliphatic rings. The number of anilines is 1. The van der Waals surface area contributed by atoms with E-state index in [1.54, 1.807) is 18.3 Å². The highest BCUT2D eigenvalue weighted by molar-refractivity contribution is 5.77. The molecule has 2 aromatic rings. The normalized spacial score (nSPS) is 10.4. The molecule has 0 atom stereocenters. The largest absolute Gasteiger partial charge is 0.507 e. The first-order valence-electron chi connectivity index (χ1n) is 6.28. The Balaban J connectivity index is 2.37. The van der Waals surface area contributed by atoms with Crippen molar-refractivity contribution in [3.05, 3.63) is 36.3 Å². The molecular formula is C14H18N4O. The highest BCUT2D eigenvalue weighted by Gasteiger charge is 2.11. The van der Waals surface area contributed by atoms with E-state index < -0.39 is 0 Å². The van der Waals surface area contributed by atoms with Gasteiger partial charge in [0.05, 0.1) is 11.9 Å². The summed E-state index contributed by atoms with van der Waals surface area (Å²) in [6, 6.07) is 7.15. The second-order valence-corrected chi connectivity index (χ2v) is 4.27. The molecule has 0 aliphatic carbocycles. The number of hydrogen-bond acceptors (Lipinski definition) is 5. The summed E-state index contributed by atoms with van der Waals surface area (Å²) in [5, 5.41) is 13.2. The maximum absolute atomic E-state index is 9.94. The number of nitrogens with one attached hydrogen (secondary N) is 1. The van der Waals surface area contributed by atoms with Gasteiger partial charge in [-0.15, -0.1) is 0 Å². The number of nitrogens with two attached hydrogens (primary N) is 1. The molecule has 1 aromatic heterocycles. The maximum atomic E-state index is 9.94. The number of nitrogens with zero attached hydrogens (tertiary/aromatic N) is 2. The first-order chi connectivity index (χ1) is 9.22. The van der Waals surface area contributed by atoms with Crippen molar-refractivity contribution in [1.82, 2.24) is 9.97 Å². The Hall–Kier alpha value is -2.14. The molecule has 0 spiro atoms. The van der Waals surface area contributed by atoms with E-state index in [0.29, 0.717) is 23.6 Å². The number of phenolic OH excluding ortho intramolecular Hbond substituents is 1. The van der Waals surface area contributed by atoms with E-state index in [1.165, 1.54) is 0 Å². The Kier molecular flexibility index (Phi) is 4.30. The minimum absolute atomic E-state index is 0.211. The van der Waals surface area contributed by atoms with Gasteiger partial charge in [-0.2, -0.15) is 0 Å². The average molecular weight is 258 g/mol. The van der Waals surface area contributed by atoms with Gasteiger partial charge in [0.1, 0.15) is 17.3 Å². The minimum Gasteiger partial charge on any atom is -0.507 e. The van der Waals surface area contributed by atoms with Crippen LogP contribution in [-0.4, -0.2) is 28.2 Å². The van der Waals surface area contributed by atoms with Crippen LogP contribution in [0, 0.1) is 6.92 Å². The van der Waals surface area contributed by atoms with Crippen molar-refractivity contribution in [2.75, 3.05) is 18.4 Å². The van der Waals surface area contributed by atoms with Crippen molar-refractivity contribution < 1.29 is 5.11 Å². The van der Waals surface area contributed by atoms with E-state index in [-0.39, 0.29) is 5.75 Å². The molecule has 0 bridgehead atoms. The van der Waals surface area contributed by atoms with Crippen molar-refractivity contribution >= 4 is 5.69 Å². The van der Waals surface area contributed by atoms with Gasteiger partial charge in [0.15, 0.2) is 0 Å². The van der Waals surface area contributed by atoms with Gasteiger partial charge in [0.2, 0.25) is 0 Å². The molecule has 0 saturated heterocycles. The number of para-hydroxylation sites is 1. The summed E-state index contributed by atoms with van der Waals surface area (Å²) in [4.78, 5) is 8.61. The lowest BCUT2D eigenvalue weighted by molar-refractivity contribution is 0.477.